The Kier molecular flexibility index (Phi) is 5.47. The van der Waals surface area contributed by atoms with Crippen LogP contribution >= 0.6 is 0 Å². The fraction of sp³-hybridized carbons (Fsp3) is 0.833. The molecule has 0 aromatic rings. The molecule has 4 fully saturated rings. The summed E-state index contributed by atoms with van der Waals surface area (Å²) >= 11 is 0. The largest absolute Gasteiger partial charge is 0.481 e. The highest BCUT2D eigenvalue weighted by molar-refractivity contribution is 5.97. The van der Waals surface area contributed by atoms with Gasteiger partial charge >= 0.3 is 17.9 Å². The van der Waals surface area contributed by atoms with Crippen LogP contribution in [0.25, 0.3) is 0 Å². The minimum Gasteiger partial charge on any atom is -0.481 e. The number of aliphatic hydroxyl groups is 1. The molecule has 2 N–H and O–H groups in total. The van der Waals surface area contributed by atoms with Gasteiger partial charge in [-0.15, -0.1) is 0 Å². The number of carbonyl (C=O) groups excluding carboxylic acids is 3. The highest BCUT2D eigenvalue weighted by Gasteiger charge is 2.75. The molecule has 8 heteroatoms. The molecule has 8 nitrogen and oxygen atoms in total. The number of carboxylic acids is 1. The Morgan fingerprint density at radius 1 is 0.969 bits per heavy atom. The zero-order chi connectivity index (χ0) is 23.6. The summed E-state index contributed by atoms with van der Waals surface area (Å²) in [5, 5.41) is 21.8. The number of carbonyl (C=O) groups is 4. The maximum absolute atomic E-state index is 13.9. The predicted octanol–water partition coefficient (Wildman–Crippen LogP) is 2.50. The second-order valence-corrected chi connectivity index (χ2v) is 10.9. The van der Waals surface area contributed by atoms with E-state index in [0.29, 0.717) is 25.7 Å². The molecule has 0 saturated heterocycles. The fourth-order valence-corrected chi connectivity index (χ4v) is 8.03. The van der Waals surface area contributed by atoms with Crippen molar-refractivity contribution in [2.45, 2.75) is 90.4 Å². The molecule has 4 aliphatic rings. The number of hydrogen-bond donors (Lipinski definition) is 2. The Morgan fingerprint density at radius 2 is 1.62 bits per heavy atom. The molecule has 0 radical (unpaired) electrons. The van der Waals surface area contributed by atoms with E-state index in [-0.39, 0.29) is 36.8 Å². The molecule has 4 saturated carbocycles. The number of ketones is 1. The van der Waals surface area contributed by atoms with Crippen molar-refractivity contribution in [3.8, 4) is 0 Å². The van der Waals surface area contributed by atoms with Gasteiger partial charge in [0.25, 0.3) is 0 Å². The van der Waals surface area contributed by atoms with Gasteiger partial charge in [-0.3, -0.25) is 19.2 Å². The van der Waals surface area contributed by atoms with E-state index in [0.717, 1.165) is 6.42 Å². The molecule has 32 heavy (non-hydrogen) atoms. The molecule has 9 atom stereocenters. The van der Waals surface area contributed by atoms with Gasteiger partial charge in [0.15, 0.2) is 11.9 Å². The monoisotopic (exact) mass is 450 g/mol. The van der Waals surface area contributed by atoms with E-state index in [1.807, 2.05) is 0 Å². The van der Waals surface area contributed by atoms with Gasteiger partial charge in [-0.05, 0) is 69.1 Å². The zero-order valence-corrected chi connectivity index (χ0v) is 19.3. The standard InChI is InChI=1S/C24H34O8/c1-12(25)31-15-7-9-22(3)14(11-15)5-6-16-18(22)19(32-13(2)26)20(27)23(4)17(21(28)29)8-10-24(16,23)30/h14-19,30H,5-11H2,1-4H3,(H,28,29)/t14?,15-,16?,17+,18?,19-,22-,23-,24-/m0/s1. The van der Waals surface area contributed by atoms with Crippen molar-refractivity contribution in [3.63, 3.8) is 0 Å². The van der Waals surface area contributed by atoms with Gasteiger partial charge in [-0.1, -0.05) is 6.92 Å². The van der Waals surface area contributed by atoms with Gasteiger partial charge in [0.2, 0.25) is 0 Å². The van der Waals surface area contributed by atoms with Crippen LogP contribution in [0.5, 0.6) is 0 Å². The predicted molar refractivity (Wildman–Crippen MR) is 111 cm³/mol. The quantitative estimate of drug-likeness (QED) is 0.628. The molecule has 0 bridgehead atoms. The molecular weight excluding hydrogens is 416 g/mol. The van der Waals surface area contributed by atoms with Crippen molar-refractivity contribution in [3.05, 3.63) is 0 Å². The van der Waals surface area contributed by atoms with Crippen LogP contribution in [0.15, 0.2) is 0 Å². The van der Waals surface area contributed by atoms with Gasteiger partial charge in [0.1, 0.15) is 6.10 Å². The van der Waals surface area contributed by atoms with Gasteiger partial charge in [0, 0.05) is 19.8 Å². The lowest BCUT2D eigenvalue weighted by atomic mass is 9.42. The molecule has 0 aromatic heterocycles. The number of rotatable bonds is 3. The number of Topliss-reactive ketones (excluding diaryl/α,β-unsaturated/α-hetero) is 1. The van der Waals surface area contributed by atoms with Crippen molar-refractivity contribution >= 4 is 23.7 Å². The summed E-state index contributed by atoms with van der Waals surface area (Å²) in [6.45, 7) is 6.31. The Balaban J connectivity index is 1.77. The van der Waals surface area contributed by atoms with Crippen LogP contribution in [0.4, 0.5) is 0 Å². The Hall–Kier alpha value is -1.96. The summed E-state index contributed by atoms with van der Waals surface area (Å²) in [6.07, 6.45) is 2.60. The van der Waals surface area contributed by atoms with Crippen molar-refractivity contribution < 1.29 is 38.9 Å². The van der Waals surface area contributed by atoms with Gasteiger partial charge in [-0.2, -0.15) is 0 Å². The topological polar surface area (TPSA) is 127 Å². The van der Waals surface area contributed by atoms with Crippen molar-refractivity contribution in [1.82, 2.24) is 0 Å². The average molecular weight is 451 g/mol. The first-order valence-corrected chi connectivity index (χ1v) is 11.7. The third-order valence-electron chi connectivity index (χ3n) is 9.55. The Labute approximate surface area is 188 Å². The minimum atomic E-state index is -1.50. The van der Waals surface area contributed by atoms with Crippen LogP contribution in [-0.2, 0) is 28.7 Å². The van der Waals surface area contributed by atoms with Crippen LogP contribution in [0, 0.1) is 34.5 Å². The summed E-state index contributed by atoms with van der Waals surface area (Å²) in [5.74, 6) is -4.06. The van der Waals surface area contributed by atoms with Crippen molar-refractivity contribution in [2.24, 2.45) is 34.5 Å². The van der Waals surface area contributed by atoms with Crippen molar-refractivity contribution in [1.29, 1.82) is 0 Å². The summed E-state index contributed by atoms with van der Waals surface area (Å²) in [5.41, 5.74) is -3.35. The maximum atomic E-state index is 13.9. The number of carboxylic acid groups (broad SMARTS) is 1. The first-order valence-electron chi connectivity index (χ1n) is 11.7. The minimum absolute atomic E-state index is 0.150. The zero-order valence-electron chi connectivity index (χ0n) is 19.3. The molecule has 0 aromatic carbocycles. The lowest BCUT2D eigenvalue weighted by Crippen LogP contribution is -2.71. The fourth-order valence-electron chi connectivity index (χ4n) is 8.03. The lowest BCUT2D eigenvalue weighted by molar-refractivity contribution is -0.237. The number of esters is 2. The molecular formula is C24H34O8. The number of ether oxygens (including phenoxy) is 2. The molecule has 0 aliphatic heterocycles. The van der Waals surface area contributed by atoms with Gasteiger partial charge < -0.3 is 19.7 Å². The normalized spacial score (nSPS) is 47.6. The van der Waals surface area contributed by atoms with Crippen molar-refractivity contribution in [2.75, 3.05) is 0 Å². The number of hydrogen-bond acceptors (Lipinski definition) is 7. The molecule has 0 spiro atoms. The highest BCUT2D eigenvalue weighted by atomic mass is 16.5. The Morgan fingerprint density at radius 3 is 2.22 bits per heavy atom. The van der Waals surface area contributed by atoms with E-state index in [1.165, 1.54) is 13.8 Å². The second kappa shape index (κ2) is 7.54. The first-order chi connectivity index (χ1) is 14.9. The molecule has 4 rings (SSSR count). The van der Waals surface area contributed by atoms with Crippen LogP contribution in [0.1, 0.15) is 72.6 Å². The molecule has 0 amide bonds. The third-order valence-corrected chi connectivity index (χ3v) is 9.55. The first kappa shape index (κ1) is 23.2. The van der Waals surface area contributed by atoms with Crippen LogP contribution in [0.3, 0.4) is 0 Å². The summed E-state index contributed by atoms with van der Waals surface area (Å²) in [7, 11) is 0. The lowest BCUT2D eigenvalue weighted by Gasteiger charge is -2.64. The second-order valence-electron chi connectivity index (χ2n) is 10.9. The third kappa shape index (κ3) is 3.05. The SMILES string of the molecule is CC(=O)O[C@H]1CC[C@@]2(C)C(CCC3C2[C@H](OC(C)=O)C(=O)[C@]2(C)[C@@H](C(=O)O)CC[C@]32O)C1. The van der Waals surface area contributed by atoms with E-state index in [2.05, 4.69) is 6.92 Å². The van der Waals surface area contributed by atoms with Crippen LogP contribution in [-0.4, -0.2) is 51.7 Å². The van der Waals surface area contributed by atoms with Crippen LogP contribution < -0.4 is 0 Å². The Bertz CT molecular complexity index is 853. The molecule has 0 heterocycles. The number of aliphatic carboxylic acids is 1. The summed E-state index contributed by atoms with van der Waals surface area (Å²) in [6, 6.07) is 0. The molecule has 178 valence electrons. The average Bonchev–Trinajstić information content (AvgIpc) is 2.97. The summed E-state index contributed by atoms with van der Waals surface area (Å²) < 4.78 is 11.1. The van der Waals surface area contributed by atoms with Gasteiger partial charge in [-0.25, -0.2) is 0 Å². The van der Waals surface area contributed by atoms with E-state index >= 15 is 0 Å². The van der Waals surface area contributed by atoms with Gasteiger partial charge in [0.05, 0.1) is 16.9 Å². The van der Waals surface area contributed by atoms with Crippen LogP contribution in [0.2, 0.25) is 0 Å². The van der Waals surface area contributed by atoms with E-state index in [9.17, 15) is 29.4 Å². The smallest absolute Gasteiger partial charge is 0.307 e. The van der Waals surface area contributed by atoms with E-state index in [1.54, 1.807) is 6.92 Å². The molecule has 3 unspecified atom stereocenters. The molecule has 4 aliphatic carbocycles. The van der Waals surface area contributed by atoms with E-state index in [4.69, 9.17) is 9.47 Å². The highest BCUT2D eigenvalue weighted by Crippen LogP contribution is 2.68. The van der Waals surface area contributed by atoms with E-state index < -0.39 is 52.1 Å². The summed E-state index contributed by atoms with van der Waals surface area (Å²) in [4.78, 5) is 49.5. The number of fused-ring (bicyclic) bond motifs is 5. The maximum Gasteiger partial charge on any atom is 0.307 e.